The third-order valence-corrected chi connectivity index (χ3v) is 4.67. The van der Waals surface area contributed by atoms with Gasteiger partial charge in [-0.25, -0.2) is 14.5 Å². The van der Waals surface area contributed by atoms with Crippen LogP contribution >= 0.6 is 11.6 Å². The number of piperidine rings is 1. The van der Waals surface area contributed by atoms with Crippen LogP contribution in [0.5, 0.6) is 0 Å². The molecule has 0 aromatic carbocycles. The van der Waals surface area contributed by atoms with Crippen LogP contribution in [0.15, 0.2) is 23.1 Å². The summed E-state index contributed by atoms with van der Waals surface area (Å²) in [6, 6.07) is 3.31. The number of hydrogen-bond donors (Lipinski definition) is 0. The molecule has 1 amide bonds. The first-order valence-corrected chi connectivity index (χ1v) is 8.43. The van der Waals surface area contributed by atoms with Crippen LogP contribution in [0.25, 0.3) is 0 Å². The van der Waals surface area contributed by atoms with Crippen molar-refractivity contribution in [2.24, 2.45) is 7.05 Å². The summed E-state index contributed by atoms with van der Waals surface area (Å²) in [6.45, 7) is 3.80. The molecule has 0 N–H and O–H groups in total. The van der Waals surface area contributed by atoms with E-state index in [9.17, 15) is 9.59 Å². The van der Waals surface area contributed by atoms with Gasteiger partial charge in [0, 0.05) is 38.8 Å². The molecule has 128 valence electrons. The number of carbonyl (C=O) groups excluding carboxylic acids is 1. The molecule has 3 heterocycles. The summed E-state index contributed by atoms with van der Waals surface area (Å²) in [5.74, 6) is 0.932. The first-order valence-electron chi connectivity index (χ1n) is 8.05. The van der Waals surface area contributed by atoms with E-state index in [0.29, 0.717) is 30.4 Å². The van der Waals surface area contributed by atoms with Gasteiger partial charge in [0.15, 0.2) is 0 Å². The summed E-state index contributed by atoms with van der Waals surface area (Å²) in [5, 5.41) is 4.89. The zero-order valence-electron chi connectivity index (χ0n) is 13.8. The van der Waals surface area contributed by atoms with E-state index in [1.54, 1.807) is 28.6 Å². The van der Waals surface area contributed by atoms with E-state index in [4.69, 9.17) is 11.6 Å². The number of likely N-dealkylation sites (tertiary alicyclic amines) is 1. The van der Waals surface area contributed by atoms with E-state index in [1.807, 2.05) is 6.92 Å². The number of carbonyl (C=O) groups is 1. The van der Waals surface area contributed by atoms with E-state index in [-0.39, 0.29) is 17.5 Å². The van der Waals surface area contributed by atoms with Crippen LogP contribution in [-0.2, 0) is 13.6 Å². The second-order valence-corrected chi connectivity index (χ2v) is 6.37. The molecular formula is C16H20ClN5O2. The zero-order valence-corrected chi connectivity index (χ0v) is 14.5. The van der Waals surface area contributed by atoms with E-state index in [0.717, 1.165) is 18.7 Å². The monoisotopic (exact) mass is 349 g/mol. The van der Waals surface area contributed by atoms with Crippen LogP contribution in [0, 0.1) is 0 Å². The highest BCUT2D eigenvalue weighted by Crippen LogP contribution is 2.26. The Balaban J connectivity index is 1.70. The molecule has 1 fully saturated rings. The normalized spacial score (nSPS) is 15.7. The summed E-state index contributed by atoms with van der Waals surface area (Å²) >= 11 is 5.81. The van der Waals surface area contributed by atoms with E-state index < -0.39 is 0 Å². The number of rotatable bonds is 3. The largest absolute Gasteiger partial charge is 0.345 e. The van der Waals surface area contributed by atoms with Crippen LogP contribution in [0.4, 0.5) is 0 Å². The van der Waals surface area contributed by atoms with Crippen molar-refractivity contribution in [3.05, 3.63) is 45.4 Å². The molecular weight excluding hydrogens is 330 g/mol. The first kappa shape index (κ1) is 16.7. The number of halogens is 1. The van der Waals surface area contributed by atoms with Crippen LogP contribution in [0.2, 0.25) is 5.02 Å². The average Bonchev–Trinajstić information content (AvgIpc) is 2.89. The van der Waals surface area contributed by atoms with Crippen molar-refractivity contribution >= 4 is 17.5 Å². The number of amides is 1. The lowest BCUT2D eigenvalue weighted by molar-refractivity contribution is 0.0704. The Labute approximate surface area is 144 Å². The fraction of sp³-hybridized carbons (Fsp3) is 0.500. The number of pyridine rings is 1. The summed E-state index contributed by atoms with van der Waals surface area (Å²) in [4.78, 5) is 30.4. The van der Waals surface area contributed by atoms with Gasteiger partial charge in [-0.3, -0.25) is 9.36 Å². The van der Waals surface area contributed by atoms with Gasteiger partial charge in [0.1, 0.15) is 11.5 Å². The lowest BCUT2D eigenvalue weighted by Gasteiger charge is -2.31. The van der Waals surface area contributed by atoms with Crippen molar-refractivity contribution in [3.63, 3.8) is 0 Å². The van der Waals surface area contributed by atoms with Gasteiger partial charge >= 0.3 is 5.69 Å². The lowest BCUT2D eigenvalue weighted by atomic mass is 9.95. The molecule has 0 bridgehead atoms. The Kier molecular flexibility index (Phi) is 4.71. The molecule has 2 aromatic heterocycles. The van der Waals surface area contributed by atoms with Crippen molar-refractivity contribution in [1.29, 1.82) is 0 Å². The molecule has 0 spiro atoms. The molecule has 8 heteroatoms. The minimum atomic E-state index is -0.0867. The Hall–Kier alpha value is -2.15. The molecule has 24 heavy (non-hydrogen) atoms. The molecule has 1 aliphatic heterocycles. The maximum atomic E-state index is 12.5. The van der Waals surface area contributed by atoms with Crippen molar-refractivity contribution in [2.75, 3.05) is 13.1 Å². The standard InChI is InChI=1S/C16H20ClN5O2/c1-3-22-14(19-20(2)16(22)24)11-6-8-21(9-7-11)15(23)13-5-4-12(17)10-18-13/h4-5,10-11H,3,6-9H2,1-2H3. The molecule has 0 unspecified atom stereocenters. The predicted octanol–water partition coefficient (Wildman–Crippen LogP) is 1.67. The van der Waals surface area contributed by atoms with Gasteiger partial charge in [-0.1, -0.05) is 11.6 Å². The molecule has 3 rings (SSSR count). The maximum Gasteiger partial charge on any atom is 0.345 e. The molecule has 7 nitrogen and oxygen atoms in total. The van der Waals surface area contributed by atoms with Gasteiger partial charge < -0.3 is 4.90 Å². The van der Waals surface area contributed by atoms with Gasteiger partial charge in [0.25, 0.3) is 5.91 Å². The van der Waals surface area contributed by atoms with E-state index >= 15 is 0 Å². The fourth-order valence-electron chi connectivity index (χ4n) is 3.13. The summed E-state index contributed by atoms with van der Waals surface area (Å²) in [7, 11) is 1.67. The predicted molar refractivity (Wildman–Crippen MR) is 90.3 cm³/mol. The van der Waals surface area contributed by atoms with Crippen molar-refractivity contribution in [3.8, 4) is 0 Å². The number of aromatic nitrogens is 4. The highest BCUT2D eigenvalue weighted by atomic mass is 35.5. The zero-order chi connectivity index (χ0) is 17.3. The van der Waals surface area contributed by atoms with Crippen molar-refractivity contribution < 1.29 is 4.79 Å². The van der Waals surface area contributed by atoms with Crippen molar-refractivity contribution in [1.82, 2.24) is 24.2 Å². The Morgan fingerprint density at radius 3 is 2.62 bits per heavy atom. The van der Waals surface area contributed by atoms with Gasteiger partial charge in [-0.2, -0.15) is 5.10 Å². The molecule has 2 aromatic rings. The highest BCUT2D eigenvalue weighted by Gasteiger charge is 2.28. The molecule has 0 saturated carbocycles. The second-order valence-electron chi connectivity index (χ2n) is 5.94. The molecule has 0 atom stereocenters. The van der Waals surface area contributed by atoms with E-state index in [2.05, 4.69) is 10.1 Å². The summed E-state index contributed by atoms with van der Waals surface area (Å²) in [5.41, 5.74) is 0.317. The van der Waals surface area contributed by atoms with Crippen LogP contribution < -0.4 is 5.69 Å². The minimum absolute atomic E-state index is 0.0842. The third kappa shape index (κ3) is 3.08. The SMILES string of the molecule is CCn1c(C2CCN(C(=O)c3ccc(Cl)cn3)CC2)nn(C)c1=O. The Morgan fingerprint density at radius 2 is 2.04 bits per heavy atom. The molecule has 1 aliphatic rings. The molecule has 1 saturated heterocycles. The number of hydrogen-bond acceptors (Lipinski definition) is 4. The lowest BCUT2D eigenvalue weighted by Crippen LogP contribution is -2.39. The second kappa shape index (κ2) is 6.76. The molecule has 0 radical (unpaired) electrons. The van der Waals surface area contributed by atoms with E-state index in [1.165, 1.54) is 10.9 Å². The molecule has 0 aliphatic carbocycles. The van der Waals surface area contributed by atoms with Gasteiger partial charge in [-0.05, 0) is 31.9 Å². The Morgan fingerprint density at radius 1 is 1.33 bits per heavy atom. The Bertz CT molecular complexity index is 788. The quantitative estimate of drug-likeness (QED) is 0.845. The maximum absolute atomic E-state index is 12.5. The number of aryl methyl sites for hydroxylation is 1. The fourth-order valence-corrected chi connectivity index (χ4v) is 3.24. The van der Waals surface area contributed by atoms with Crippen LogP contribution in [0.3, 0.4) is 0 Å². The minimum Gasteiger partial charge on any atom is -0.337 e. The van der Waals surface area contributed by atoms with Crippen molar-refractivity contribution in [2.45, 2.75) is 32.2 Å². The van der Waals surface area contributed by atoms with Gasteiger partial charge in [-0.15, -0.1) is 0 Å². The smallest absolute Gasteiger partial charge is 0.337 e. The van der Waals surface area contributed by atoms with Gasteiger partial charge in [0.2, 0.25) is 0 Å². The highest BCUT2D eigenvalue weighted by molar-refractivity contribution is 6.30. The van der Waals surface area contributed by atoms with Crippen LogP contribution in [-0.4, -0.2) is 43.2 Å². The van der Waals surface area contributed by atoms with Gasteiger partial charge in [0.05, 0.1) is 5.02 Å². The average molecular weight is 350 g/mol. The van der Waals surface area contributed by atoms with Crippen LogP contribution in [0.1, 0.15) is 42.0 Å². The number of nitrogens with zero attached hydrogens (tertiary/aromatic N) is 5. The summed E-state index contributed by atoms with van der Waals surface area (Å²) in [6.07, 6.45) is 3.06. The third-order valence-electron chi connectivity index (χ3n) is 4.45. The topological polar surface area (TPSA) is 73.0 Å². The summed E-state index contributed by atoms with van der Waals surface area (Å²) < 4.78 is 3.09. The first-order chi connectivity index (χ1) is 11.5.